The first-order chi connectivity index (χ1) is 8.97. The Labute approximate surface area is 118 Å². The topological polar surface area (TPSA) is 55.1 Å². The average molecular weight is 323 g/mol. The molecule has 19 heavy (non-hydrogen) atoms. The van der Waals surface area contributed by atoms with Crippen molar-refractivity contribution in [2.24, 2.45) is 0 Å². The van der Waals surface area contributed by atoms with Gasteiger partial charge >= 0.3 is 0 Å². The van der Waals surface area contributed by atoms with E-state index in [1.54, 1.807) is 18.2 Å². The summed E-state index contributed by atoms with van der Waals surface area (Å²) >= 11 is 3.14. The van der Waals surface area contributed by atoms with Gasteiger partial charge in [-0.05, 0) is 42.8 Å². The van der Waals surface area contributed by atoms with E-state index in [1.165, 1.54) is 12.1 Å². The second kappa shape index (κ2) is 5.40. The van der Waals surface area contributed by atoms with Crippen molar-refractivity contribution in [1.82, 2.24) is 0 Å². The molecule has 3 nitrogen and oxygen atoms in total. The Morgan fingerprint density at radius 3 is 2.68 bits per heavy atom. The van der Waals surface area contributed by atoms with Crippen LogP contribution in [0.5, 0.6) is 0 Å². The Kier molecular flexibility index (Phi) is 3.85. The van der Waals surface area contributed by atoms with E-state index in [0.29, 0.717) is 15.8 Å². The SMILES string of the molecule is Cc1ccc(N)c(NC(=O)c2ccc(Br)cc2F)c1. The quantitative estimate of drug-likeness (QED) is 0.828. The molecule has 2 rings (SSSR count). The fourth-order valence-corrected chi connectivity index (χ4v) is 1.97. The highest BCUT2D eigenvalue weighted by atomic mass is 79.9. The van der Waals surface area contributed by atoms with Crippen molar-refractivity contribution in [1.29, 1.82) is 0 Å². The number of aryl methyl sites for hydroxylation is 1. The summed E-state index contributed by atoms with van der Waals surface area (Å²) in [4.78, 5) is 12.0. The first kappa shape index (κ1) is 13.5. The monoisotopic (exact) mass is 322 g/mol. The van der Waals surface area contributed by atoms with Gasteiger partial charge in [0.2, 0.25) is 0 Å². The van der Waals surface area contributed by atoms with Gasteiger partial charge in [-0.1, -0.05) is 22.0 Å². The molecule has 3 N–H and O–H groups in total. The molecule has 0 fully saturated rings. The molecule has 0 aromatic heterocycles. The van der Waals surface area contributed by atoms with Crippen molar-refractivity contribution in [3.05, 3.63) is 57.8 Å². The molecular weight excluding hydrogens is 311 g/mol. The lowest BCUT2D eigenvalue weighted by molar-refractivity contribution is 0.102. The summed E-state index contributed by atoms with van der Waals surface area (Å²) in [5.74, 6) is -1.11. The molecule has 2 aromatic carbocycles. The number of nitrogens with two attached hydrogens (primary N) is 1. The summed E-state index contributed by atoms with van der Waals surface area (Å²) < 4.78 is 14.2. The van der Waals surface area contributed by atoms with Crippen LogP contribution in [-0.2, 0) is 0 Å². The van der Waals surface area contributed by atoms with Crippen LogP contribution in [0.1, 0.15) is 15.9 Å². The van der Waals surface area contributed by atoms with Crippen LogP contribution in [0.2, 0.25) is 0 Å². The number of anilines is 2. The second-order valence-electron chi connectivity index (χ2n) is 4.17. The van der Waals surface area contributed by atoms with E-state index in [2.05, 4.69) is 21.2 Å². The minimum absolute atomic E-state index is 0.0240. The maximum Gasteiger partial charge on any atom is 0.258 e. The van der Waals surface area contributed by atoms with Gasteiger partial charge in [-0.2, -0.15) is 0 Å². The third-order valence-electron chi connectivity index (χ3n) is 2.63. The molecule has 0 aliphatic rings. The Hall–Kier alpha value is -1.88. The molecule has 0 bridgehead atoms. The number of hydrogen-bond donors (Lipinski definition) is 2. The standard InChI is InChI=1S/C14H12BrFN2O/c1-8-2-5-12(17)13(6-8)18-14(19)10-4-3-9(15)7-11(10)16/h2-7H,17H2,1H3,(H,18,19). The van der Waals surface area contributed by atoms with E-state index in [0.717, 1.165) is 5.56 Å². The van der Waals surface area contributed by atoms with Gasteiger partial charge in [0.15, 0.2) is 0 Å². The molecule has 0 aliphatic heterocycles. The number of hydrogen-bond acceptors (Lipinski definition) is 2. The lowest BCUT2D eigenvalue weighted by atomic mass is 10.1. The summed E-state index contributed by atoms with van der Waals surface area (Å²) in [7, 11) is 0. The van der Waals surface area contributed by atoms with E-state index < -0.39 is 11.7 Å². The lowest BCUT2D eigenvalue weighted by Crippen LogP contribution is -2.15. The van der Waals surface area contributed by atoms with Gasteiger partial charge in [0.1, 0.15) is 5.82 Å². The van der Waals surface area contributed by atoms with Crippen molar-refractivity contribution in [2.75, 3.05) is 11.1 Å². The largest absolute Gasteiger partial charge is 0.397 e. The number of benzene rings is 2. The third kappa shape index (κ3) is 3.12. The molecule has 0 radical (unpaired) electrons. The number of rotatable bonds is 2. The van der Waals surface area contributed by atoms with Crippen LogP contribution in [-0.4, -0.2) is 5.91 Å². The fraction of sp³-hybridized carbons (Fsp3) is 0.0714. The van der Waals surface area contributed by atoms with Crippen molar-refractivity contribution in [3.8, 4) is 0 Å². The Balaban J connectivity index is 2.28. The van der Waals surface area contributed by atoms with Gasteiger partial charge in [-0.25, -0.2) is 4.39 Å². The zero-order valence-electron chi connectivity index (χ0n) is 10.2. The Morgan fingerprint density at radius 2 is 2.00 bits per heavy atom. The molecule has 1 amide bonds. The first-order valence-electron chi connectivity index (χ1n) is 5.60. The van der Waals surface area contributed by atoms with E-state index in [-0.39, 0.29) is 5.56 Å². The number of carbonyl (C=O) groups is 1. The number of nitrogen functional groups attached to an aromatic ring is 1. The molecule has 5 heteroatoms. The van der Waals surface area contributed by atoms with Crippen LogP contribution in [0.3, 0.4) is 0 Å². The molecular formula is C14H12BrFN2O. The minimum atomic E-state index is -0.585. The van der Waals surface area contributed by atoms with Crippen molar-refractivity contribution < 1.29 is 9.18 Å². The van der Waals surface area contributed by atoms with Gasteiger partial charge in [-0.3, -0.25) is 4.79 Å². The third-order valence-corrected chi connectivity index (χ3v) is 3.13. The highest BCUT2D eigenvalue weighted by Gasteiger charge is 2.13. The maximum absolute atomic E-state index is 13.7. The Bertz CT molecular complexity index is 643. The summed E-state index contributed by atoms with van der Waals surface area (Å²) in [6, 6.07) is 9.55. The van der Waals surface area contributed by atoms with Crippen LogP contribution >= 0.6 is 15.9 Å². The lowest BCUT2D eigenvalue weighted by Gasteiger charge is -2.09. The van der Waals surface area contributed by atoms with Crippen molar-refractivity contribution in [2.45, 2.75) is 6.92 Å². The van der Waals surface area contributed by atoms with Crippen LogP contribution in [0.15, 0.2) is 40.9 Å². The molecule has 0 spiro atoms. The fourth-order valence-electron chi connectivity index (χ4n) is 1.64. The predicted octanol–water partition coefficient (Wildman–Crippen LogP) is 3.73. The van der Waals surface area contributed by atoms with Gasteiger partial charge in [-0.15, -0.1) is 0 Å². The first-order valence-corrected chi connectivity index (χ1v) is 6.39. The Morgan fingerprint density at radius 1 is 1.26 bits per heavy atom. The maximum atomic E-state index is 13.7. The molecule has 2 aromatic rings. The summed E-state index contributed by atoms with van der Waals surface area (Å²) in [5, 5.41) is 2.61. The van der Waals surface area contributed by atoms with E-state index in [4.69, 9.17) is 5.73 Å². The summed E-state index contributed by atoms with van der Waals surface area (Å²) in [5.41, 5.74) is 7.62. The number of carbonyl (C=O) groups excluding carboxylic acids is 1. The van der Waals surface area contributed by atoms with E-state index >= 15 is 0 Å². The average Bonchev–Trinajstić information content (AvgIpc) is 2.33. The second-order valence-corrected chi connectivity index (χ2v) is 5.08. The van der Waals surface area contributed by atoms with Crippen LogP contribution in [0.25, 0.3) is 0 Å². The molecule has 0 saturated carbocycles. The van der Waals surface area contributed by atoms with Gasteiger partial charge in [0.25, 0.3) is 5.91 Å². The zero-order chi connectivity index (χ0) is 14.0. The molecule has 0 atom stereocenters. The summed E-state index contributed by atoms with van der Waals surface area (Å²) in [6.45, 7) is 1.88. The van der Waals surface area contributed by atoms with Crippen LogP contribution in [0.4, 0.5) is 15.8 Å². The molecule has 0 heterocycles. The van der Waals surface area contributed by atoms with Gasteiger partial charge in [0.05, 0.1) is 16.9 Å². The molecule has 0 unspecified atom stereocenters. The van der Waals surface area contributed by atoms with Gasteiger partial charge < -0.3 is 11.1 Å². The van der Waals surface area contributed by atoms with E-state index in [9.17, 15) is 9.18 Å². The minimum Gasteiger partial charge on any atom is -0.397 e. The van der Waals surface area contributed by atoms with Crippen LogP contribution < -0.4 is 11.1 Å². The smallest absolute Gasteiger partial charge is 0.258 e. The molecule has 98 valence electrons. The molecule has 0 saturated heterocycles. The highest BCUT2D eigenvalue weighted by Crippen LogP contribution is 2.22. The van der Waals surface area contributed by atoms with Crippen molar-refractivity contribution >= 4 is 33.2 Å². The normalized spacial score (nSPS) is 10.3. The number of halogens is 2. The number of nitrogens with one attached hydrogen (secondary N) is 1. The zero-order valence-corrected chi connectivity index (χ0v) is 11.8. The molecule has 0 aliphatic carbocycles. The van der Waals surface area contributed by atoms with Gasteiger partial charge in [0, 0.05) is 4.47 Å². The predicted molar refractivity (Wildman–Crippen MR) is 77.6 cm³/mol. The van der Waals surface area contributed by atoms with Crippen LogP contribution in [0, 0.1) is 12.7 Å². The van der Waals surface area contributed by atoms with Crippen molar-refractivity contribution in [3.63, 3.8) is 0 Å². The van der Waals surface area contributed by atoms with E-state index in [1.807, 2.05) is 13.0 Å². The highest BCUT2D eigenvalue weighted by molar-refractivity contribution is 9.10. The number of amides is 1. The summed E-state index contributed by atoms with van der Waals surface area (Å²) in [6.07, 6.45) is 0.